The second kappa shape index (κ2) is 6.05. The van der Waals surface area contributed by atoms with Crippen LogP contribution in [0.5, 0.6) is 0 Å². The molecule has 0 heterocycles. The summed E-state index contributed by atoms with van der Waals surface area (Å²) in [4.78, 5) is 0. The third kappa shape index (κ3) is 6.92. The van der Waals surface area contributed by atoms with Crippen LogP contribution in [0.2, 0.25) is 0 Å². The topological polar surface area (TPSA) is 37.2 Å². The van der Waals surface area contributed by atoms with E-state index in [1.54, 1.807) is 26.2 Å². The molecule has 0 N–H and O–H groups in total. The highest BCUT2D eigenvalue weighted by Crippen LogP contribution is 1.75. The highest BCUT2D eigenvalue weighted by Gasteiger charge is 1.72. The second-order valence-electron chi connectivity index (χ2n) is 1.76. The van der Waals surface area contributed by atoms with Gasteiger partial charge in [0.05, 0.1) is 6.04 Å². The van der Waals surface area contributed by atoms with E-state index in [9.17, 15) is 0 Å². The summed E-state index contributed by atoms with van der Waals surface area (Å²) < 4.78 is 4.66. The molecule has 10 heavy (non-hydrogen) atoms. The zero-order valence-electron chi connectivity index (χ0n) is 6.46. The van der Waals surface area contributed by atoms with Gasteiger partial charge in [-0.05, 0) is 5.92 Å². The Bertz CT molecular complexity index is 154. The van der Waals surface area contributed by atoms with E-state index >= 15 is 0 Å². The standard InChI is InChI=1S/C6H11N3O/c1-9(2)8-7-5-4-6-10-3/h6H2,1-3H3/b8-7+. The predicted molar refractivity (Wildman–Crippen MR) is 38.2 cm³/mol. The van der Waals surface area contributed by atoms with Gasteiger partial charge in [0.2, 0.25) is 0 Å². The van der Waals surface area contributed by atoms with Crippen molar-refractivity contribution in [3.05, 3.63) is 0 Å². The average molecular weight is 141 g/mol. The van der Waals surface area contributed by atoms with Gasteiger partial charge >= 0.3 is 0 Å². The van der Waals surface area contributed by atoms with Gasteiger partial charge < -0.3 is 4.74 Å². The highest BCUT2D eigenvalue weighted by atomic mass is 16.5. The molecule has 0 fully saturated rings. The lowest BCUT2D eigenvalue weighted by molar-refractivity contribution is 0.239. The quantitative estimate of drug-likeness (QED) is 0.319. The van der Waals surface area contributed by atoms with E-state index in [4.69, 9.17) is 0 Å². The van der Waals surface area contributed by atoms with E-state index in [0.717, 1.165) is 0 Å². The zero-order valence-corrected chi connectivity index (χ0v) is 6.46. The average Bonchev–Trinajstić information content (AvgIpc) is 1.87. The van der Waals surface area contributed by atoms with E-state index in [2.05, 4.69) is 27.0 Å². The molecule has 4 heteroatoms. The van der Waals surface area contributed by atoms with Gasteiger partial charge in [0.1, 0.15) is 6.61 Å². The first-order chi connectivity index (χ1) is 4.77. The Balaban J connectivity index is 3.44. The lowest BCUT2D eigenvalue weighted by Crippen LogP contribution is -1.98. The summed E-state index contributed by atoms with van der Waals surface area (Å²) in [7, 11) is 5.14. The molecule has 0 aromatic carbocycles. The molecule has 0 aromatic rings. The molecule has 0 aliphatic heterocycles. The minimum Gasteiger partial charge on any atom is -0.372 e. The molecule has 0 aliphatic carbocycles. The highest BCUT2D eigenvalue weighted by molar-refractivity contribution is 4.95. The summed E-state index contributed by atoms with van der Waals surface area (Å²) in [5, 5.41) is 8.71. The normalized spacial score (nSPS) is 9.10. The molecule has 0 aliphatic rings. The van der Waals surface area contributed by atoms with Crippen molar-refractivity contribution in [2.45, 2.75) is 0 Å². The van der Waals surface area contributed by atoms with Crippen molar-refractivity contribution in [2.75, 3.05) is 27.8 Å². The van der Waals surface area contributed by atoms with Crippen molar-refractivity contribution < 1.29 is 4.74 Å². The maximum Gasteiger partial charge on any atom is 0.109 e. The van der Waals surface area contributed by atoms with Gasteiger partial charge in [-0.1, -0.05) is 10.3 Å². The smallest absolute Gasteiger partial charge is 0.109 e. The Labute approximate surface area is 60.9 Å². The Kier molecular flexibility index (Phi) is 5.39. The maximum absolute atomic E-state index is 4.66. The zero-order chi connectivity index (χ0) is 7.82. The van der Waals surface area contributed by atoms with Crippen LogP contribution in [-0.4, -0.2) is 32.8 Å². The number of hydrogen-bond acceptors (Lipinski definition) is 3. The van der Waals surface area contributed by atoms with Crippen molar-refractivity contribution >= 4 is 0 Å². The van der Waals surface area contributed by atoms with Gasteiger partial charge in [-0.3, -0.25) is 5.01 Å². The first-order valence-corrected chi connectivity index (χ1v) is 2.82. The summed E-state index contributed by atoms with van der Waals surface area (Å²) >= 11 is 0. The van der Waals surface area contributed by atoms with Gasteiger partial charge in [-0.2, -0.15) is 0 Å². The van der Waals surface area contributed by atoms with E-state index in [0.29, 0.717) is 6.61 Å². The van der Waals surface area contributed by atoms with Gasteiger partial charge in [-0.15, -0.1) is 0 Å². The Morgan fingerprint density at radius 1 is 1.50 bits per heavy atom. The van der Waals surface area contributed by atoms with Crippen molar-refractivity contribution in [3.63, 3.8) is 0 Å². The third-order valence-corrected chi connectivity index (χ3v) is 0.569. The van der Waals surface area contributed by atoms with Crippen LogP contribution in [0.1, 0.15) is 0 Å². The molecular formula is C6H11N3O. The molecule has 0 unspecified atom stereocenters. The SMILES string of the molecule is COCC#C/N=N/N(C)C. The molecule has 0 atom stereocenters. The summed E-state index contributed by atoms with van der Waals surface area (Å²) in [6.45, 7) is 0.395. The largest absolute Gasteiger partial charge is 0.372 e. The lowest BCUT2D eigenvalue weighted by atomic mass is 10.7. The molecular weight excluding hydrogens is 130 g/mol. The van der Waals surface area contributed by atoms with Crippen LogP contribution in [0.25, 0.3) is 0 Å². The Hall–Kier alpha value is -1.08. The molecule has 0 aromatic heterocycles. The minimum atomic E-state index is 0.395. The molecule has 0 amide bonds. The molecule has 56 valence electrons. The lowest BCUT2D eigenvalue weighted by Gasteiger charge is -1.96. The predicted octanol–water partition coefficient (Wildman–Crippen LogP) is 0.522. The number of hydrogen-bond donors (Lipinski definition) is 0. The number of methoxy groups -OCH3 is 1. The van der Waals surface area contributed by atoms with Gasteiger partial charge in [0.25, 0.3) is 0 Å². The molecule has 0 rings (SSSR count). The van der Waals surface area contributed by atoms with Crippen LogP contribution in [-0.2, 0) is 4.74 Å². The van der Waals surface area contributed by atoms with Crippen molar-refractivity contribution in [1.82, 2.24) is 5.01 Å². The monoisotopic (exact) mass is 141 g/mol. The van der Waals surface area contributed by atoms with Crippen LogP contribution in [0.4, 0.5) is 0 Å². The summed E-state index contributed by atoms with van der Waals surface area (Å²) in [6, 6.07) is 2.46. The number of ether oxygens (including phenoxy) is 1. The Morgan fingerprint density at radius 2 is 2.20 bits per heavy atom. The molecule has 0 saturated carbocycles. The number of nitrogens with zero attached hydrogens (tertiary/aromatic N) is 3. The second-order valence-corrected chi connectivity index (χ2v) is 1.76. The van der Waals surface area contributed by atoms with Crippen molar-refractivity contribution in [2.24, 2.45) is 10.3 Å². The van der Waals surface area contributed by atoms with Gasteiger partial charge in [0, 0.05) is 21.2 Å². The summed E-state index contributed by atoms with van der Waals surface area (Å²) in [5.41, 5.74) is 0. The van der Waals surface area contributed by atoms with Crippen LogP contribution >= 0.6 is 0 Å². The van der Waals surface area contributed by atoms with E-state index in [-0.39, 0.29) is 0 Å². The fourth-order valence-corrected chi connectivity index (χ4v) is 0.252. The van der Waals surface area contributed by atoms with Gasteiger partial charge in [0.15, 0.2) is 0 Å². The maximum atomic E-state index is 4.66. The Morgan fingerprint density at radius 3 is 2.70 bits per heavy atom. The number of rotatable bonds is 2. The van der Waals surface area contributed by atoms with Crippen molar-refractivity contribution in [3.8, 4) is 12.0 Å². The first kappa shape index (κ1) is 8.92. The van der Waals surface area contributed by atoms with E-state index in [1.165, 1.54) is 0 Å². The summed E-state index contributed by atoms with van der Waals surface area (Å²) in [5.74, 6) is 2.63. The fraction of sp³-hybridized carbons (Fsp3) is 0.667. The van der Waals surface area contributed by atoms with E-state index < -0.39 is 0 Å². The third-order valence-electron chi connectivity index (χ3n) is 0.569. The van der Waals surface area contributed by atoms with Crippen molar-refractivity contribution in [1.29, 1.82) is 0 Å². The molecule has 0 radical (unpaired) electrons. The molecule has 0 saturated heterocycles. The first-order valence-electron chi connectivity index (χ1n) is 2.82. The molecule has 4 nitrogen and oxygen atoms in total. The molecule has 0 bridgehead atoms. The van der Waals surface area contributed by atoms with E-state index in [1.807, 2.05) is 0 Å². The van der Waals surface area contributed by atoms with Crippen LogP contribution in [0.15, 0.2) is 10.3 Å². The minimum absolute atomic E-state index is 0.395. The van der Waals surface area contributed by atoms with Crippen LogP contribution in [0.3, 0.4) is 0 Å². The van der Waals surface area contributed by atoms with Gasteiger partial charge in [-0.25, -0.2) is 0 Å². The van der Waals surface area contributed by atoms with Crippen LogP contribution in [0, 0.1) is 12.0 Å². The van der Waals surface area contributed by atoms with Crippen LogP contribution < -0.4 is 0 Å². The molecule has 0 spiro atoms. The summed E-state index contributed by atoms with van der Waals surface area (Å²) in [6.07, 6.45) is 0. The fourth-order valence-electron chi connectivity index (χ4n) is 0.252.